The van der Waals surface area contributed by atoms with Gasteiger partial charge in [-0.25, -0.2) is 15.2 Å². The lowest BCUT2D eigenvalue weighted by molar-refractivity contribution is 0.627. The summed E-state index contributed by atoms with van der Waals surface area (Å²) >= 11 is 5.70. The van der Waals surface area contributed by atoms with E-state index in [0.717, 1.165) is 11.3 Å². The minimum absolute atomic E-state index is 0.119. The van der Waals surface area contributed by atoms with Crippen molar-refractivity contribution in [1.29, 1.82) is 0 Å². The minimum atomic E-state index is -0.418. The highest BCUT2D eigenvalue weighted by atomic mass is 35.5. The largest absolute Gasteiger partial charge is 0.381 e. The lowest BCUT2D eigenvalue weighted by Crippen LogP contribution is -2.09. The number of nitrogens with two attached hydrogens (primary N) is 1. The Morgan fingerprint density at radius 1 is 1.28 bits per heavy atom. The lowest BCUT2D eigenvalue weighted by Gasteiger charge is -2.08. The van der Waals surface area contributed by atoms with Gasteiger partial charge in [-0.3, -0.25) is 0 Å². The van der Waals surface area contributed by atoms with Gasteiger partial charge in [-0.05, 0) is 23.8 Å². The smallest absolute Gasteiger partial charge is 0.141 e. The number of rotatable bonds is 4. The van der Waals surface area contributed by atoms with Crippen LogP contribution in [-0.4, -0.2) is 4.98 Å². The third-order valence-electron chi connectivity index (χ3n) is 2.39. The van der Waals surface area contributed by atoms with Gasteiger partial charge in [-0.1, -0.05) is 17.7 Å². The molecule has 0 saturated heterocycles. The van der Waals surface area contributed by atoms with Crippen LogP contribution in [0.2, 0.25) is 5.02 Å². The van der Waals surface area contributed by atoms with Gasteiger partial charge in [-0.15, -0.1) is 0 Å². The lowest BCUT2D eigenvalue weighted by atomic mass is 10.2. The summed E-state index contributed by atoms with van der Waals surface area (Å²) in [6.45, 7) is 0.536. The number of nitrogens with zero attached hydrogens (tertiary/aromatic N) is 1. The van der Waals surface area contributed by atoms with E-state index in [1.165, 1.54) is 6.07 Å². The van der Waals surface area contributed by atoms with Crippen LogP contribution in [0.15, 0.2) is 36.5 Å². The van der Waals surface area contributed by atoms with Crippen LogP contribution in [0.5, 0.6) is 0 Å². The van der Waals surface area contributed by atoms with Gasteiger partial charge in [0.1, 0.15) is 11.6 Å². The molecule has 2 aromatic rings. The summed E-state index contributed by atoms with van der Waals surface area (Å²) in [4.78, 5) is 3.99. The number of nitrogens with one attached hydrogen (secondary N) is 2. The molecule has 0 spiro atoms. The van der Waals surface area contributed by atoms with Crippen LogP contribution in [0.25, 0.3) is 0 Å². The van der Waals surface area contributed by atoms with Crippen molar-refractivity contribution in [3.05, 3.63) is 52.9 Å². The first-order valence-electron chi connectivity index (χ1n) is 5.29. The van der Waals surface area contributed by atoms with Crippen LogP contribution in [-0.2, 0) is 6.54 Å². The molecule has 4 N–H and O–H groups in total. The van der Waals surface area contributed by atoms with Crippen molar-refractivity contribution in [3.8, 4) is 0 Å². The Hall–Kier alpha value is -1.85. The molecule has 0 unspecified atom stereocenters. The third-order valence-corrected chi connectivity index (χ3v) is 2.68. The number of aromatic nitrogens is 1. The predicted octanol–water partition coefficient (Wildman–Crippen LogP) is 2.77. The molecule has 18 heavy (non-hydrogen) atoms. The zero-order valence-electron chi connectivity index (χ0n) is 9.45. The highest BCUT2D eigenvalue weighted by Gasteiger charge is 2.01. The van der Waals surface area contributed by atoms with Gasteiger partial charge in [0.2, 0.25) is 0 Å². The summed E-state index contributed by atoms with van der Waals surface area (Å²) in [6.07, 6.45) is 1.63. The number of anilines is 2. The van der Waals surface area contributed by atoms with Crippen molar-refractivity contribution in [2.24, 2.45) is 5.84 Å². The molecule has 1 aromatic heterocycles. The summed E-state index contributed by atoms with van der Waals surface area (Å²) in [5, 5.41) is 3.28. The van der Waals surface area contributed by atoms with Gasteiger partial charge in [0, 0.05) is 24.5 Å². The normalized spacial score (nSPS) is 10.2. The Kier molecular flexibility index (Phi) is 3.96. The molecular formula is C12H12ClFN4. The molecule has 2 rings (SSSR count). The Bertz CT molecular complexity index is 547. The maximum atomic E-state index is 13.0. The monoisotopic (exact) mass is 266 g/mol. The van der Waals surface area contributed by atoms with Gasteiger partial charge in [0.15, 0.2) is 0 Å². The topological polar surface area (TPSA) is 63.0 Å². The maximum Gasteiger partial charge on any atom is 0.141 e. The van der Waals surface area contributed by atoms with Crippen molar-refractivity contribution in [2.75, 3.05) is 10.7 Å². The summed E-state index contributed by atoms with van der Waals surface area (Å²) in [5.41, 5.74) is 4.21. The summed E-state index contributed by atoms with van der Waals surface area (Å²) in [5.74, 6) is 5.41. The standard InChI is InChI=1S/C12H12ClFN4/c13-10-5-8(1-2-11(10)14)7-17-9-3-4-16-12(6-9)18-15/h1-6H,7,15H2,(H2,16,17,18). The Morgan fingerprint density at radius 3 is 2.83 bits per heavy atom. The van der Waals surface area contributed by atoms with Crippen molar-refractivity contribution in [1.82, 2.24) is 4.98 Å². The van der Waals surface area contributed by atoms with Crippen LogP contribution in [0.1, 0.15) is 5.56 Å². The minimum Gasteiger partial charge on any atom is -0.381 e. The number of hydrogen-bond donors (Lipinski definition) is 3. The van der Waals surface area contributed by atoms with E-state index in [0.29, 0.717) is 12.4 Å². The molecule has 6 heteroatoms. The Labute approximate surface area is 109 Å². The highest BCUT2D eigenvalue weighted by Crippen LogP contribution is 2.17. The fourth-order valence-electron chi connectivity index (χ4n) is 1.47. The fraction of sp³-hybridized carbons (Fsp3) is 0.0833. The van der Waals surface area contributed by atoms with E-state index in [4.69, 9.17) is 17.4 Å². The van der Waals surface area contributed by atoms with E-state index in [-0.39, 0.29) is 5.02 Å². The van der Waals surface area contributed by atoms with Gasteiger partial charge in [0.25, 0.3) is 0 Å². The second-order valence-electron chi connectivity index (χ2n) is 3.68. The predicted molar refractivity (Wildman–Crippen MR) is 70.8 cm³/mol. The maximum absolute atomic E-state index is 13.0. The first-order chi connectivity index (χ1) is 8.69. The summed E-state index contributed by atoms with van der Waals surface area (Å²) < 4.78 is 13.0. The Morgan fingerprint density at radius 2 is 2.11 bits per heavy atom. The molecule has 4 nitrogen and oxygen atoms in total. The number of benzene rings is 1. The van der Waals surface area contributed by atoms with Crippen molar-refractivity contribution < 1.29 is 4.39 Å². The van der Waals surface area contributed by atoms with E-state index in [2.05, 4.69) is 15.7 Å². The van der Waals surface area contributed by atoms with Gasteiger partial charge in [-0.2, -0.15) is 0 Å². The van der Waals surface area contributed by atoms with Crippen LogP contribution >= 0.6 is 11.6 Å². The molecular weight excluding hydrogens is 255 g/mol. The van der Waals surface area contributed by atoms with Crippen molar-refractivity contribution >= 4 is 23.1 Å². The second-order valence-corrected chi connectivity index (χ2v) is 4.08. The molecule has 1 heterocycles. The second kappa shape index (κ2) is 5.66. The quantitative estimate of drug-likeness (QED) is 0.588. The molecule has 0 atom stereocenters. The SMILES string of the molecule is NNc1cc(NCc2ccc(F)c(Cl)c2)ccn1. The third kappa shape index (κ3) is 3.09. The number of pyridine rings is 1. The zero-order chi connectivity index (χ0) is 13.0. The van der Waals surface area contributed by atoms with Gasteiger partial charge in [0.05, 0.1) is 5.02 Å². The Balaban J connectivity index is 2.04. The van der Waals surface area contributed by atoms with E-state index in [9.17, 15) is 4.39 Å². The summed E-state index contributed by atoms with van der Waals surface area (Å²) in [6, 6.07) is 8.19. The van der Waals surface area contributed by atoms with Crippen LogP contribution in [0.4, 0.5) is 15.9 Å². The average Bonchev–Trinajstić information content (AvgIpc) is 2.40. The molecule has 0 radical (unpaired) electrons. The number of nitrogen functional groups attached to an aromatic ring is 1. The van der Waals surface area contributed by atoms with E-state index >= 15 is 0 Å². The summed E-state index contributed by atoms with van der Waals surface area (Å²) in [7, 11) is 0. The van der Waals surface area contributed by atoms with Gasteiger partial charge < -0.3 is 10.7 Å². The van der Waals surface area contributed by atoms with Crippen molar-refractivity contribution in [3.63, 3.8) is 0 Å². The molecule has 94 valence electrons. The van der Waals surface area contributed by atoms with Gasteiger partial charge >= 0.3 is 0 Å². The van der Waals surface area contributed by atoms with E-state index in [1.807, 2.05) is 6.07 Å². The number of hydrogen-bond acceptors (Lipinski definition) is 4. The molecule has 0 aliphatic rings. The zero-order valence-corrected chi connectivity index (χ0v) is 10.2. The van der Waals surface area contributed by atoms with E-state index < -0.39 is 5.82 Å². The first-order valence-corrected chi connectivity index (χ1v) is 5.67. The molecule has 0 amide bonds. The molecule has 0 bridgehead atoms. The van der Waals surface area contributed by atoms with Crippen LogP contribution in [0.3, 0.4) is 0 Å². The number of halogens is 2. The molecule has 1 aromatic carbocycles. The molecule has 0 aliphatic carbocycles. The first kappa shape index (κ1) is 12.6. The number of hydrazine groups is 1. The van der Waals surface area contributed by atoms with Crippen LogP contribution < -0.4 is 16.6 Å². The molecule has 0 fully saturated rings. The molecule has 0 aliphatic heterocycles. The molecule has 0 saturated carbocycles. The van der Waals surface area contributed by atoms with Crippen LogP contribution in [0, 0.1) is 5.82 Å². The van der Waals surface area contributed by atoms with Crippen molar-refractivity contribution in [2.45, 2.75) is 6.54 Å². The fourth-order valence-corrected chi connectivity index (χ4v) is 1.68. The highest BCUT2D eigenvalue weighted by molar-refractivity contribution is 6.30. The average molecular weight is 267 g/mol. The van der Waals surface area contributed by atoms with E-state index in [1.54, 1.807) is 24.4 Å².